The summed E-state index contributed by atoms with van der Waals surface area (Å²) in [7, 11) is 0. The summed E-state index contributed by atoms with van der Waals surface area (Å²) < 4.78 is 5.27. The first-order valence-corrected chi connectivity index (χ1v) is 10.3. The third-order valence-electron chi connectivity index (χ3n) is 4.97. The molecule has 1 saturated heterocycles. The lowest BCUT2D eigenvalue weighted by Crippen LogP contribution is -2.49. The Balaban J connectivity index is 0.000000280. The van der Waals surface area contributed by atoms with Gasteiger partial charge >= 0.3 is 6.09 Å². The van der Waals surface area contributed by atoms with Crippen molar-refractivity contribution in [3.8, 4) is 0 Å². The van der Waals surface area contributed by atoms with Crippen LogP contribution in [-0.2, 0) is 9.53 Å². The summed E-state index contributed by atoms with van der Waals surface area (Å²) in [6.45, 7) is 6.70. The van der Waals surface area contributed by atoms with E-state index in [0.717, 1.165) is 30.5 Å². The number of amides is 1. The Morgan fingerprint density at radius 2 is 1.84 bits per heavy atom. The summed E-state index contributed by atoms with van der Waals surface area (Å²) in [6.07, 6.45) is 8.61. The largest absolute Gasteiger partial charge is 0.444 e. The number of para-hydroxylation sites is 2. The average molecular weight is 425 g/mol. The van der Waals surface area contributed by atoms with E-state index in [1.54, 1.807) is 18.2 Å². The lowest BCUT2D eigenvalue weighted by molar-refractivity contribution is -0.384. The van der Waals surface area contributed by atoms with Crippen LogP contribution in [0, 0.1) is 10.1 Å². The number of rotatable bonds is 3. The summed E-state index contributed by atoms with van der Waals surface area (Å²) >= 11 is 0. The maximum atomic E-state index is 11.9. The minimum absolute atomic E-state index is 0.0848. The number of ketones is 1. The summed E-state index contributed by atoms with van der Waals surface area (Å²) in [4.78, 5) is 35.4. The molecule has 3 aliphatic rings. The standard InChI is InChI=1S/C16H23N3O4.C7H4O/c1-16(2,3)23-15(20)17-12-7-6-10-18(11-12)13-8-4-5-9-14(13)19(21)22;8-7-5-1-2-6(7)4-3-5/h4-5,8-9,12H,6-7,10-11H2,1-3H3,(H,17,20);1-4H. The monoisotopic (exact) mass is 425 g/mol. The smallest absolute Gasteiger partial charge is 0.407 e. The van der Waals surface area contributed by atoms with E-state index < -0.39 is 11.7 Å². The lowest BCUT2D eigenvalue weighted by Gasteiger charge is -2.34. The Kier molecular flexibility index (Phi) is 6.58. The second kappa shape index (κ2) is 9.16. The lowest BCUT2D eigenvalue weighted by atomic mass is 10.0. The van der Waals surface area contributed by atoms with Crippen LogP contribution in [0.2, 0.25) is 0 Å². The van der Waals surface area contributed by atoms with Crippen molar-refractivity contribution in [1.29, 1.82) is 0 Å². The zero-order chi connectivity index (χ0) is 22.6. The number of nitro benzene ring substituents is 1. The zero-order valence-electron chi connectivity index (χ0n) is 18.0. The van der Waals surface area contributed by atoms with Crippen LogP contribution in [0.15, 0.2) is 59.7 Å². The molecule has 2 bridgehead atoms. The SMILES string of the molecule is CC(C)(C)OC(=O)NC1CCCN(c2ccccc2[N+](=O)[O-])C1.O=C1C2=CC=C1C=C2. The van der Waals surface area contributed by atoms with Crippen LogP contribution in [0.1, 0.15) is 33.6 Å². The van der Waals surface area contributed by atoms with E-state index in [1.807, 2.05) is 50.0 Å². The van der Waals surface area contributed by atoms with Crippen LogP contribution in [-0.4, -0.2) is 41.5 Å². The van der Waals surface area contributed by atoms with Gasteiger partial charge < -0.3 is 15.0 Å². The van der Waals surface area contributed by atoms with Crippen molar-refractivity contribution < 1.29 is 19.2 Å². The van der Waals surface area contributed by atoms with Crippen molar-refractivity contribution in [3.05, 3.63) is 69.8 Å². The average Bonchev–Trinajstić information content (AvgIpc) is 3.24. The van der Waals surface area contributed by atoms with Gasteiger partial charge in [0.1, 0.15) is 11.3 Å². The molecule has 1 atom stereocenters. The van der Waals surface area contributed by atoms with Gasteiger partial charge in [0.05, 0.1) is 4.92 Å². The minimum atomic E-state index is -0.545. The van der Waals surface area contributed by atoms with Crippen LogP contribution >= 0.6 is 0 Å². The molecule has 1 heterocycles. The number of allylic oxidation sites excluding steroid dienone is 6. The van der Waals surface area contributed by atoms with Crippen LogP contribution in [0.3, 0.4) is 0 Å². The number of carbonyl (C=O) groups is 2. The van der Waals surface area contributed by atoms with Crippen LogP contribution in [0.5, 0.6) is 0 Å². The number of anilines is 1. The molecule has 8 heteroatoms. The van der Waals surface area contributed by atoms with Gasteiger partial charge in [-0.2, -0.15) is 0 Å². The number of ether oxygens (including phenoxy) is 1. The van der Waals surface area contributed by atoms with Crippen molar-refractivity contribution in [1.82, 2.24) is 5.32 Å². The first kappa shape index (κ1) is 22.3. The molecule has 1 unspecified atom stereocenters. The summed E-state index contributed by atoms with van der Waals surface area (Å²) in [5, 5.41) is 14.0. The van der Waals surface area contributed by atoms with Crippen molar-refractivity contribution in [2.45, 2.75) is 45.3 Å². The molecule has 164 valence electrons. The number of piperidine rings is 1. The Bertz CT molecular complexity index is 948. The number of Topliss-reactive ketones (excluding diaryl/α,β-unsaturated/α-hetero) is 1. The third-order valence-corrected chi connectivity index (χ3v) is 4.97. The van der Waals surface area contributed by atoms with Gasteiger partial charge in [-0.25, -0.2) is 4.79 Å². The second-order valence-electron chi connectivity index (χ2n) is 8.58. The molecule has 2 aliphatic carbocycles. The molecule has 1 fully saturated rings. The number of hydrogen-bond donors (Lipinski definition) is 1. The number of nitrogens with one attached hydrogen (secondary N) is 1. The highest BCUT2D eigenvalue weighted by atomic mass is 16.6. The van der Waals surface area contributed by atoms with Gasteiger partial charge in [-0.15, -0.1) is 0 Å². The van der Waals surface area contributed by atoms with Gasteiger partial charge in [0.2, 0.25) is 0 Å². The first-order chi connectivity index (χ1) is 14.6. The highest BCUT2D eigenvalue weighted by Gasteiger charge is 2.27. The fourth-order valence-electron chi connectivity index (χ4n) is 3.61. The molecule has 0 aromatic heterocycles. The minimum Gasteiger partial charge on any atom is -0.444 e. The number of benzene rings is 1. The molecule has 1 N–H and O–H groups in total. The number of fused-ring (bicyclic) bond motifs is 2. The quantitative estimate of drug-likeness (QED) is 0.578. The molecule has 8 nitrogen and oxygen atoms in total. The second-order valence-corrected chi connectivity index (χ2v) is 8.58. The van der Waals surface area contributed by atoms with E-state index in [9.17, 15) is 19.7 Å². The molecule has 1 aromatic carbocycles. The van der Waals surface area contributed by atoms with Crippen molar-refractivity contribution >= 4 is 23.3 Å². The van der Waals surface area contributed by atoms with E-state index in [1.165, 1.54) is 6.07 Å². The van der Waals surface area contributed by atoms with Gasteiger partial charge in [-0.3, -0.25) is 14.9 Å². The number of nitrogens with zero attached hydrogens (tertiary/aromatic N) is 2. The highest BCUT2D eigenvalue weighted by Crippen LogP contribution is 2.30. The third kappa shape index (κ3) is 5.81. The zero-order valence-corrected chi connectivity index (χ0v) is 18.0. The van der Waals surface area contributed by atoms with Gasteiger partial charge in [-0.05, 0) is 39.7 Å². The summed E-state index contributed by atoms with van der Waals surface area (Å²) in [6, 6.07) is 6.60. The maximum Gasteiger partial charge on any atom is 0.407 e. The summed E-state index contributed by atoms with van der Waals surface area (Å²) in [5.41, 5.74) is 1.80. The van der Waals surface area contributed by atoms with E-state index in [-0.39, 0.29) is 22.4 Å². The van der Waals surface area contributed by atoms with E-state index in [4.69, 9.17) is 4.74 Å². The van der Waals surface area contributed by atoms with Gasteiger partial charge in [0, 0.05) is 36.3 Å². The molecule has 0 spiro atoms. The van der Waals surface area contributed by atoms with Crippen LogP contribution < -0.4 is 10.2 Å². The maximum absolute atomic E-state index is 11.9. The fourth-order valence-corrected chi connectivity index (χ4v) is 3.61. The molecule has 1 aliphatic heterocycles. The molecule has 0 saturated carbocycles. The van der Waals surface area contributed by atoms with Gasteiger partial charge in [0.25, 0.3) is 5.69 Å². The Hall–Kier alpha value is -3.42. The Morgan fingerprint density at radius 3 is 2.35 bits per heavy atom. The predicted octanol–water partition coefficient (Wildman–Crippen LogP) is 4.08. The molecule has 4 rings (SSSR count). The van der Waals surface area contributed by atoms with Crippen LogP contribution in [0.4, 0.5) is 16.2 Å². The molecular formula is C23H27N3O5. The topological polar surface area (TPSA) is 102 Å². The number of nitro groups is 1. The number of carbonyl (C=O) groups excluding carboxylic acids is 2. The molecule has 1 amide bonds. The molecule has 31 heavy (non-hydrogen) atoms. The normalized spacial score (nSPS) is 19.3. The number of alkyl carbamates (subject to hydrolysis) is 1. The molecule has 1 aromatic rings. The van der Waals surface area contributed by atoms with Gasteiger partial charge in [0.15, 0.2) is 5.78 Å². The van der Waals surface area contributed by atoms with Crippen molar-refractivity contribution in [2.24, 2.45) is 0 Å². The van der Waals surface area contributed by atoms with Crippen LogP contribution in [0.25, 0.3) is 0 Å². The van der Waals surface area contributed by atoms with E-state index >= 15 is 0 Å². The van der Waals surface area contributed by atoms with Crippen molar-refractivity contribution in [3.63, 3.8) is 0 Å². The van der Waals surface area contributed by atoms with Crippen molar-refractivity contribution in [2.75, 3.05) is 18.0 Å². The molecule has 0 radical (unpaired) electrons. The first-order valence-electron chi connectivity index (χ1n) is 10.3. The number of hydrogen-bond acceptors (Lipinski definition) is 6. The predicted molar refractivity (Wildman–Crippen MR) is 118 cm³/mol. The fraction of sp³-hybridized carbons (Fsp3) is 0.391. The molecular weight excluding hydrogens is 398 g/mol. The Morgan fingerprint density at radius 1 is 1.19 bits per heavy atom. The van der Waals surface area contributed by atoms with E-state index in [0.29, 0.717) is 12.2 Å². The Labute approximate surface area is 181 Å². The van der Waals surface area contributed by atoms with E-state index in [2.05, 4.69) is 5.32 Å². The van der Waals surface area contributed by atoms with Gasteiger partial charge in [-0.1, -0.05) is 36.4 Å². The summed E-state index contributed by atoms with van der Waals surface area (Å²) in [5.74, 6) is 0.185. The highest BCUT2D eigenvalue weighted by molar-refractivity contribution is 6.17.